The summed E-state index contributed by atoms with van der Waals surface area (Å²) >= 11 is 12.3. The van der Waals surface area contributed by atoms with Gasteiger partial charge in [-0.25, -0.2) is 4.39 Å². The molecule has 0 amide bonds. The molecule has 0 aliphatic carbocycles. The van der Waals surface area contributed by atoms with E-state index in [1.54, 1.807) is 18.2 Å². The monoisotopic (exact) mass is 388 g/mol. The van der Waals surface area contributed by atoms with Gasteiger partial charge in [-0.05, 0) is 66.1 Å². The molecule has 2 unspecified atom stereocenters. The molecule has 3 N–H and O–H groups in total. The van der Waals surface area contributed by atoms with Gasteiger partial charge in [-0.2, -0.15) is 0 Å². The molecule has 0 aromatic heterocycles. The van der Waals surface area contributed by atoms with Crippen LogP contribution in [0.3, 0.4) is 0 Å². The Morgan fingerprint density at radius 3 is 2.12 bits per heavy atom. The fraction of sp³-hybridized carbons (Fsp3) is 0.143. The van der Waals surface area contributed by atoms with Gasteiger partial charge in [0, 0.05) is 21.8 Å². The van der Waals surface area contributed by atoms with Crippen LogP contribution >= 0.6 is 23.2 Å². The highest BCUT2D eigenvalue weighted by molar-refractivity contribution is 6.34. The highest BCUT2D eigenvalue weighted by Crippen LogP contribution is 2.29. The minimum Gasteiger partial charge on any atom is -0.399 e. The third kappa shape index (κ3) is 4.55. The molecule has 0 saturated carbocycles. The van der Waals surface area contributed by atoms with Crippen molar-refractivity contribution < 1.29 is 4.39 Å². The molecule has 26 heavy (non-hydrogen) atoms. The lowest BCUT2D eigenvalue weighted by Crippen LogP contribution is -2.25. The third-order valence-corrected chi connectivity index (χ3v) is 4.69. The Hall–Kier alpha value is -2.07. The lowest BCUT2D eigenvalue weighted by atomic mass is 9.96. The van der Waals surface area contributed by atoms with E-state index in [0.29, 0.717) is 15.7 Å². The Morgan fingerprint density at radius 2 is 1.50 bits per heavy atom. The van der Waals surface area contributed by atoms with Gasteiger partial charge in [-0.15, -0.1) is 0 Å². The van der Waals surface area contributed by atoms with Gasteiger partial charge in [0.1, 0.15) is 5.82 Å². The Kier molecular flexibility index (Phi) is 5.82. The molecule has 0 heterocycles. The normalized spacial score (nSPS) is 13.4. The van der Waals surface area contributed by atoms with Crippen molar-refractivity contribution in [2.75, 3.05) is 5.73 Å². The van der Waals surface area contributed by atoms with Crippen LogP contribution in [0.2, 0.25) is 10.0 Å². The molecule has 2 nitrogen and oxygen atoms in total. The summed E-state index contributed by atoms with van der Waals surface area (Å²) in [6.45, 7) is 2.03. The summed E-state index contributed by atoms with van der Waals surface area (Å²) in [5.41, 5.74) is 9.54. The van der Waals surface area contributed by atoms with E-state index < -0.39 is 0 Å². The summed E-state index contributed by atoms with van der Waals surface area (Å²) in [5, 5.41) is 4.74. The molecule has 0 radical (unpaired) electrons. The van der Waals surface area contributed by atoms with Crippen molar-refractivity contribution >= 4 is 28.9 Å². The first kappa shape index (κ1) is 18.7. The van der Waals surface area contributed by atoms with Crippen molar-refractivity contribution in [3.63, 3.8) is 0 Å². The maximum Gasteiger partial charge on any atom is 0.123 e. The molecule has 3 aromatic rings. The highest BCUT2D eigenvalue weighted by Gasteiger charge is 2.18. The molecule has 0 aliphatic heterocycles. The van der Waals surface area contributed by atoms with E-state index in [0.717, 1.165) is 16.7 Å². The predicted molar refractivity (Wildman–Crippen MR) is 107 cm³/mol. The summed E-state index contributed by atoms with van der Waals surface area (Å²) in [6, 6.07) is 19.4. The van der Waals surface area contributed by atoms with Crippen LogP contribution in [0.25, 0.3) is 0 Å². The quantitative estimate of drug-likeness (QED) is 0.513. The van der Waals surface area contributed by atoms with Crippen LogP contribution in [0, 0.1) is 5.82 Å². The number of halogens is 3. The Bertz CT molecular complexity index is 877. The number of hydrogen-bond donors (Lipinski definition) is 2. The number of nitrogens with two attached hydrogens (primary N) is 1. The second kappa shape index (κ2) is 8.09. The number of rotatable bonds is 5. The SMILES string of the molecule is CC(NC(c1ccc(F)cc1)c1cccc(N)c1)c1cc(Cl)cc(Cl)c1. The number of anilines is 1. The first-order chi connectivity index (χ1) is 12.4. The van der Waals surface area contributed by atoms with Crippen LogP contribution in [0.1, 0.15) is 35.7 Å². The zero-order valence-electron chi connectivity index (χ0n) is 14.2. The predicted octanol–water partition coefficient (Wildman–Crippen LogP) is 6.15. The standard InChI is InChI=1S/C21H19Cl2FN2/c1-13(16-9-17(22)12-18(23)10-16)26-21(14-5-7-19(24)8-6-14)15-3-2-4-20(25)11-15/h2-13,21,26H,25H2,1H3. The molecular weight excluding hydrogens is 370 g/mol. The van der Waals surface area contributed by atoms with Crippen molar-refractivity contribution in [2.45, 2.75) is 19.0 Å². The van der Waals surface area contributed by atoms with Gasteiger partial charge in [0.2, 0.25) is 0 Å². The summed E-state index contributed by atoms with van der Waals surface area (Å²) in [4.78, 5) is 0. The molecule has 0 saturated heterocycles. The minimum absolute atomic E-state index is 0.0392. The lowest BCUT2D eigenvalue weighted by Gasteiger charge is -2.25. The van der Waals surface area contributed by atoms with Crippen LogP contribution in [0.5, 0.6) is 0 Å². The molecular formula is C21H19Cl2FN2. The lowest BCUT2D eigenvalue weighted by molar-refractivity contribution is 0.515. The molecule has 0 aliphatic rings. The second-order valence-corrected chi connectivity index (χ2v) is 7.12. The highest BCUT2D eigenvalue weighted by atomic mass is 35.5. The van der Waals surface area contributed by atoms with E-state index in [9.17, 15) is 4.39 Å². The molecule has 2 atom stereocenters. The van der Waals surface area contributed by atoms with E-state index in [4.69, 9.17) is 28.9 Å². The number of benzene rings is 3. The van der Waals surface area contributed by atoms with E-state index in [-0.39, 0.29) is 17.9 Å². The number of nitrogens with one attached hydrogen (secondary N) is 1. The summed E-state index contributed by atoms with van der Waals surface area (Å²) in [6.07, 6.45) is 0. The Balaban J connectivity index is 1.96. The fourth-order valence-corrected chi connectivity index (χ4v) is 3.49. The Labute approximate surface area is 162 Å². The van der Waals surface area contributed by atoms with Crippen LogP contribution in [0.4, 0.5) is 10.1 Å². The first-order valence-electron chi connectivity index (χ1n) is 8.25. The second-order valence-electron chi connectivity index (χ2n) is 6.25. The molecule has 0 spiro atoms. The molecule has 0 bridgehead atoms. The zero-order chi connectivity index (χ0) is 18.7. The van der Waals surface area contributed by atoms with Crippen molar-refractivity contribution in [3.8, 4) is 0 Å². The average molecular weight is 389 g/mol. The average Bonchev–Trinajstić information content (AvgIpc) is 2.59. The van der Waals surface area contributed by atoms with Crippen molar-refractivity contribution in [1.82, 2.24) is 5.32 Å². The van der Waals surface area contributed by atoms with E-state index >= 15 is 0 Å². The van der Waals surface area contributed by atoms with Gasteiger partial charge in [0.25, 0.3) is 0 Å². The number of nitrogen functional groups attached to an aromatic ring is 1. The van der Waals surface area contributed by atoms with E-state index in [2.05, 4.69) is 5.32 Å². The molecule has 3 aromatic carbocycles. The summed E-state index contributed by atoms with van der Waals surface area (Å²) < 4.78 is 13.4. The Morgan fingerprint density at radius 1 is 0.846 bits per heavy atom. The fourth-order valence-electron chi connectivity index (χ4n) is 2.95. The summed E-state index contributed by atoms with van der Waals surface area (Å²) in [5.74, 6) is -0.269. The van der Waals surface area contributed by atoms with Crippen molar-refractivity contribution in [1.29, 1.82) is 0 Å². The van der Waals surface area contributed by atoms with Gasteiger partial charge >= 0.3 is 0 Å². The largest absolute Gasteiger partial charge is 0.399 e. The van der Waals surface area contributed by atoms with Crippen LogP contribution in [0.15, 0.2) is 66.7 Å². The molecule has 3 rings (SSSR count). The van der Waals surface area contributed by atoms with Crippen molar-refractivity contribution in [3.05, 3.63) is 99.3 Å². The van der Waals surface area contributed by atoms with Crippen LogP contribution < -0.4 is 11.1 Å². The van der Waals surface area contributed by atoms with Gasteiger partial charge < -0.3 is 5.73 Å². The zero-order valence-corrected chi connectivity index (χ0v) is 15.7. The molecule has 0 fully saturated rings. The van der Waals surface area contributed by atoms with Crippen LogP contribution in [-0.4, -0.2) is 0 Å². The minimum atomic E-state index is -0.269. The third-order valence-electron chi connectivity index (χ3n) is 4.25. The maximum absolute atomic E-state index is 13.4. The smallest absolute Gasteiger partial charge is 0.123 e. The molecule has 134 valence electrons. The number of hydrogen-bond acceptors (Lipinski definition) is 2. The van der Waals surface area contributed by atoms with Gasteiger partial charge in [-0.1, -0.05) is 47.5 Å². The van der Waals surface area contributed by atoms with Crippen molar-refractivity contribution in [2.24, 2.45) is 0 Å². The van der Waals surface area contributed by atoms with E-state index in [1.165, 1.54) is 12.1 Å². The van der Waals surface area contributed by atoms with E-state index in [1.807, 2.05) is 43.3 Å². The first-order valence-corrected chi connectivity index (χ1v) is 9.01. The topological polar surface area (TPSA) is 38.0 Å². The van der Waals surface area contributed by atoms with Gasteiger partial charge in [-0.3, -0.25) is 5.32 Å². The summed E-state index contributed by atoms with van der Waals surface area (Å²) in [7, 11) is 0. The van der Waals surface area contributed by atoms with Gasteiger partial charge in [0.05, 0.1) is 6.04 Å². The maximum atomic E-state index is 13.4. The van der Waals surface area contributed by atoms with Crippen LogP contribution in [-0.2, 0) is 0 Å². The van der Waals surface area contributed by atoms with Gasteiger partial charge in [0.15, 0.2) is 0 Å². The molecule has 5 heteroatoms.